The summed E-state index contributed by atoms with van der Waals surface area (Å²) in [5, 5.41) is 8.80. The molecule has 0 saturated carbocycles. The lowest BCUT2D eigenvalue weighted by Gasteiger charge is -2.11. The minimum atomic E-state index is -0.158. The van der Waals surface area contributed by atoms with E-state index in [1.807, 2.05) is 61.5 Å². The minimum Gasteiger partial charge on any atom is -0.493 e. The van der Waals surface area contributed by atoms with E-state index in [0.29, 0.717) is 29.5 Å². The number of benzene rings is 3. The van der Waals surface area contributed by atoms with Crippen LogP contribution < -0.4 is 20.7 Å². The Bertz CT molecular complexity index is 1040. The van der Waals surface area contributed by atoms with Crippen LogP contribution in [-0.4, -0.2) is 25.0 Å². The largest absolute Gasteiger partial charge is 0.493 e. The molecule has 0 aliphatic carbocycles. The first kappa shape index (κ1) is 22.9. The highest BCUT2D eigenvalue weighted by atomic mass is 16.5. The van der Waals surface area contributed by atoms with Crippen LogP contribution in [0.15, 0.2) is 72.8 Å². The smallest absolute Gasteiger partial charge is 0.255 e. The highest BCUT2D eigenvalue weighted by Crippen LogP contribution is 2.17. The van der Waals surface area contributed by atoms with Gasteiger partial charge in [0.15, 0.2) is 0 Å². The van der Waals surface area contributed by atoms with Crippen LogP contribution in [0, 0.1) is 12.8 Å². The summed E-state index contributed by atoms with van der Waals surface area (Å²) in [5.41, 5.74) is 3.83. The highest BCUT2D eigenvalue weighted by molar-refractivity contribution is 6.04. The molecule has 6 heteroatoms. The lowest BCUT2D eigenvalue weighted by molar-refractivity contribution is -0.114. The molecular formula is C26H29N3O3. The van der Waals surface area contributed by atoms with Crippen LogP contribution in [0.4, 0.5) is 17.1 Å². The van der Waals surface area contributed by atoms with E-state index in [4.69, 9.17) is 4.74 Å². The minimum absolute atomic E-state index is 0.126. The van der Waals surface area contributed by atoms with Gasteiger partial charge >= 0.3 is 0 Å². The fourth-order valence-electron chi connectivity index (χ4n) is 2.95. The lowest BCUT2D eigenvalue weighted by atomic mass is 10.1. The van der Waals surface area contributed by atoms with E-state index in [1.165, 1.54) is 0 Å². The Balaban J connectivity index is 1.45. The van der Waals surface area contributed by atoms with Gasteiger partial charge in [-0.2, -0.15) is 0 Å². The van der Waals surface area contributed by atoms with Gasteiger partial charge in [0.25, 0.3) is 5.91 Å². The molecule has 3 aromatic carbocycles. The second kappa shape index (κ2) is 11.0. The fourth-order valence-corrected chi connectivity index (χ4v) is 2.95. The molecule has 0 aliphatic rings. The quantitative estimate of drug-likeness (QED) is 0.428. The van der Waals surface area contributed by atoms with E-state index in [-0.39, 0.29) is 18.4 Å². The van der Waals surface area contributed by atoms with Crippen molar-refractivity contribution in [3.63, 3.8) is 0 Å². The van der Waals surface area contributed by atoms with Gasteiger partial charge in [0, 0.05) is 22.6 Å². The summed E-state index contributed by atoms with van der Waals surface area (Å²) in [6, 6.07) is 22.0. The number of amides is 2. The molecule has 166 valence electrons. The maximum absolute atomic E-state index is 12.3. The van der Waals surface area contributed by atoms with Crippen molar-refractivity contribution in [3.05, 3.63) is 83.9 Å². The predicted molar refractivity (Wildman–Crippen MR) is 129 cm³/mol. The van der Waals surface area contributed by atoms with Gasteiger partial charge in [-0.25, -0.2) is 0 Å². The standard InChI is InChI=1S/C26H29N3O3/c1-18(2)17-32-24-13-11-22(12-14-24)28-25(30)16-27-21-7-9-23(10-8-21)29-26(31)20-6-4-5-19(3)15-20/h4-15,18,27H,16-17H2,1-3H3,(H,28,30)(H,29,31). The molecule has 0 atom stereocenters. The average molecular weight is 432 g/mol. The SMILES string of the molecule is Cc1cccc(C(=O)Nc2ccc(NCC(=O)Nc3ccc(OCC(C)C)cc3)cc2)c1. The summed E-state index contributed by atoms with van der Waals surface area (Å²) in [5.74, 6) is 0.926. The molecule has 3 N–H and O–H groups in total. The Morgan fingerprint density at radius 2 is 1.47 bits per heavy atom. The van der Waals surface area contributed by atoms with Crippen molar-refractivity contribution in [1.82, 2.24) is 0 Å². The Hall–Kier alpha value is -3.80. The van der Waals surface area contributed by atoms with E-state index in [1.54, 1.807) is 18.2 Å². The van der Waals surface area contributed by atoms with Gasteiger partial charge in [-0.3, -0.25) is 9.59 Å². The molecule has 3 rings (SSSR count). The van der Waals surface area contributed by atoms with Crippen LogP contribution in [0.5, 0.6) is 5.75 Å². The molecule has 0 aromatic heterocycles. The first-order chi connectivity index (χ1) is 15.4. The van der Waals surface area contributed by atoms with E-state index in [0.717, 1.165) is 17.0 Å². The normalized spacial score (nSPS) is 10.5. The summed E-state index contributed by atoms with van der Waals surface area (Å²) in [6.45, 7) is 6.92. The zero-order valence-corrected chi connectivity index (χ0v) is 18.6. The second-order valence-electron chi connectivity index (χ2n) is 8.03. The van der Waals surface area contributed by atoms with E-state index in [9.17, 15) is 9.59 Å². The average Bonchev–Trinajstić information content (AvgIpc) is 2.78. The Labute approximate surface area is 189 Å². The summed E-state index contributed by atoms with van der Waals surface area (Å²) in [7, 11) is 0. The molecule has 0 bridgehead atoms. The predicted octanol–water partition coefficient (Wildman–Crippen LogP) is 5.33. The van der Waals surface area contributed by atoms with Gasteiger partial charge in [-0.15, -0.1) is 0 Å². The van der Waals surface area contributed by atoms with Crippen molar-refractivity contribution in [1.29, 1.82) is 0 Å². The first-order valence-electron chi connectivity index (χ1n) is 10.6. The molecule has 0 aliphatic heterocycles. The molecule has 3 aromatic rings. The van der Waals surface area contributed by atoms with Crippen molar-refractivity contribution in [2.45, 2.75) is 20.8 Å². The van der Waals surface area contributed by atoms with Crippen molar-refractivity contribution < 1.29 is 14.3 Å². The maximum Gasteiger partial charge on any atom is 0.255 e. The van der Waals surface area contributed by atoms with Gasteiger partial charge in [0.1, 0.15) is 5.75 Å². The van der Waals surface area contributed by atoms with Crippen molar-refractivity contribution in [2.75, 3.05) is 29.1 Å². The number of carbonyl (C=O) groups is 2. The summed E-state index contributed by atoms with van der Waals surface area (Å²) in [4.78, 5) is 24.6. The molecule has 6 nitrogen and oxygen atoms in total. The van der Waals surface area contributed by atoms with E-state index < -0.39 is 0 Å². The Morgan fingerprint density at radius 3 is 2.12 bits per heavy atom. The number of anilines is 3. The number of aryl methyl sites for hydroxylation is 1. The molecule has 0 spiro atoms. The highest BCUT2D eigenvalue weighted by Gasteiger charge is 2.07. The van der Waals surface area contributed by atoms with Crippen molar-refractivity contribution in [2.24, 2.45) is 5.92 Å². The van der Waals surface area contributed by atoms with E-state index in [2.05, 4.69) is 29.8 Å². The number of carbonyl (C=O) groups excluding carboxylic acids is 2. The zero-order valence-electron chi connectivity index (χ0n) is 18.6. The number of rotatable bonds is 9. The third kappa shape index (κ3) is 7.16. The van der Waals surface area contributed by atoms with Gasteiger partial charge in [-0.05, 0) is 73.5 Å². The van der Waals surface area contributed by atoms with Gasteiger partial charge < -0.3 is 20.7 Å². The Kier molecular flexibility index (Phi) is 7.86. The molecule has 0 saturated heterocycles. The van der Waals surface area contributed by atoms with Gasteiger partial charge in [0.05, 0.1) is 13.2 Å². The first-order valence-corrected chi connectivity index (χ1v) is 10.6. The van der Waals surface area contributed by atoms with Crippen molar-refractivity contribution in [3.8, 4) is 5.75 Å². The monoisotopic (exact) mass is 431 g/mol. The lowest BCUT2D eigenvalue weighted by Crippen LogP contribution is -2.21. The number of ether oxygens (including phenoxy) is 1. The fraction of sp³-hybridized carbons (Fsp3) is 0.231. The van der Waals surface area contributed by atoms with Gasteiger partial charge in [-0.1, -0.05) is 31.5 Å². The molecule has 2 amide bonds. The summed E-state index contributed by atoms with van der Waals surface area (Å²) in [6.07, 6.45) is 0. The number of nitrogens with one attached hydrogen (secondary N) is 3. The summed E-state index contributed by atoms with van der Waals surface area (Å²) < 4.78 is 5.65. The third-order valence-corrected chi connectivity index (χ3v) is 4.60. The maximum atomic E-state index is 12.3. The van der Waals surface area contributed by atoms with E-state index >= 15 is 0 Å². The second-order valence-corrected chi connectivity index (χ2v) is 8.03. The molecule has 0 unspecified atom stereocenters. The molecule has 0 heterocycles. The Morgan fingerprint density at radius 1 is 0.844 bits per heavy atom. The molecule has 32 heavy (non-hydrogen) atoms. The van der Waals surface area contributed by atoms with Crippen LogP contribution in [-0.2, 0) is 4.79 Å². The van der Waals surface area contributed by atoms with Crippen molar-refractivity contribution >= 4 is 28.9 Å². The number of hydrogen-bond donors (Lipinski definition) is 3. The van der Waals surface area contributed by atoms with Crippen LogP contribution >= 0.6 is 0 Å². The van der Waals surface area contributed by atoms with Crippen LogP contribution in [0.3, 0.4) is 0 Å². The van der Waals surface area contributed by atoms with Crippen LogP contribution in [0.2, 0.25) is 0 Å². The number of hydrogen-bond acceptors (Lipinski definition) is 4. The van der Waals surface area contributed by atoms with Crippen LogP contribution in [0.25, 0.3) is 0 Å². The molecular weight excluding hydrogens is 402 g/mol. The zero-order chi connectivity index (χ0) is 22.9. The summed E-state index contributed by atoms with van der Waals surface area (Å²) >= 11 is 0. The van der Waals surface area contributed by atoms with Crippen LogP contribution in [0.1, 0.15) is 29.8 Å². The topological polar surface area (TPSA) is 79.5 Å². The van der Waals surface area contributed by atoms with Gasteiger partial charge in [0.2, 0.25) is 5.91 Å². The molecule has 0 radical (unpaired) electrons. The third-order valence-electron chi connectivity index (χ3n) is 4.60. The molecule has 0 fully saturated rings.